The van der Waals surface area contributed by atoms with Gasteiger partial charge in [-0.25, -0.2) is 0 Å². The molecule has 3 aliphatic rings. The van der Waals surface area contributed by atoms with Crippen molar-refractivity contribution in [3.8, 4) is 0 Å². The third-order valence-electron chi connectivity index (χ3n) is 6.02. The predicted molar refractivity (Wildman–Crippen MR) is 123 cm³/mol. The summed E-state index contributed by atoms with van der Waals surface area (Å²) in [5.41, 5.74) is -0.777. The van der Waals surface area contributed by atoms with Crippen molar-refractivity contribution in [1.82, 2.24) is 9.37 Å². The third kappa shape index (κ3) is 6.19. The fourth-order valence-corrected chi connectivity index (χ4v) is 6.81. The fourth-order valence-electron chi connectivity index (χ4n) is 4.30. The quantitative estimate of drug-likeness (QED) is 0.210. The number of thioether (sulfide) groups is 1. The first kappa shape index (κ1) is 26.2. The lowest BCUT2D eigenvalue weighted by molar-refractivity contribution is -0.229. The van der Waals surface area contributed by atoms with Gasteiger partial charge < -0.3 is 34.3 Å². The molecule has 9 nitrogen and oxygen atoms in total. The SMILES string of the molecule is CC(C)(C)[S@@+]([O-])N(OC=O)[C@@H]1C/C=C\C[C@@H](CN2CCCC2)S[C@H]2O[C@H]1[C@H](O)[C@H](O)[C@H]2O. The summed E-state index contributed by atoms with van der Waals surface area (Å²) in [7, 11) is 0. The molecule has 3 heterocycles. The molecule has 0 spiro atoms. The summed E-state index contributed by atoms with van der Waals surface area (Å²) < 4.78 is 19.6. The summed E-state index contributed by atoms with van der Waals surface area (Å²) in [4.78, 5) is 18.7. The first-order chi connectivity index (χ1) is 15.1. The fraction of sp³-hybridized carbons (Fsp3) is 0.857. The second-order valence-electron chi connectivity index (χ2n) is 9.57. The van der Waals surface area contributed by atoms with Gasteiger partial charge >= 0.3 is 6.47 Å². The molecule has 184 valence electrons. The monoisotopic (exact) mass is 492 g/mol. The van der Waals surface area contributed by atoms with Crippen molar-refractivity contribution in [3.63, 3.8) is 0 Å². The average molecular weight is 493 g/mol. The van der Waals surface area contributed by atoms with Crippen LogP contribution >= 0.6 is 11.8 Å². The van der Waals surface area contributed by atoms with Gasteiger partial charge in [0.15, 0.2) is 0 Å². The Morgan fingerprint density at radius 3 is 2.47 bits per heavy atom. The van der Waals surface area contributed by atoms with Crippen LogP contribution in [-0.4, -0.2) is 101 Å². The molecule has 0 unspecified atom stereocenters. The van der Waals surface area contributed by atoms with Crippen molar-refractivity contribution in [2.24, 2.45) is 0 Å². The zero-order valence-corrected chi connectivity index (χ0v) is 20.5. The standard InChI is InChI=1S/C21H36N2O7S2/c1-21(2,3)32(28)23(29-13-24)15-9-5-4-8-14(12-22-10-6-7-11-22)31-20-18(27)16(25)17(26)19(15)30-20/h4-5,13-20,25-27H,6-12H2,1-3H3/b5-4-/t14-,15+,16-,17+,18+,19+,20+,32+/m0/s1. The molecule has 0 radical (unpaired) electrons. The van der Waals surface area contributed by atoms with E-state index in [1.54, 1.807) is 20.8 Å². The van der Waals surface area contributed by atoms with Gasteiger partial charge in [0.2, 0.25) is 0 Å². The number of hydrogen-bond acceptors (Lipinski definition) is 10. The number of fused-ring (bicyclic) bond motifs is 2. The van der Waals surface area contributed by atoms with Crippen molar-refractivity contribution >= 4 is 29.6 Å². The molecular weight excluding hydrogens is 456 g/mol. The molecular formula is C21H36N2O7S2. The van der Waals surface area contributed by atoms with E-state index in [2.05, 4.69) is 4.90 Å². The molecule has 2 bridgehead atoms. The minimum absolute atomic E-state index is 0.148. The number of hydrogen-bond donors (Lipinski definition) is 3. The van der Waals surface area contributed by atoms with Gasteiger partial charge in [0.05, 0.1) is 15.8 Å². The molecule has 0 aromatic rings. The zero-order valence-electron chi connectivity index (χ0n) is 18.9. The van der Waals surface area contributed by atoms with Crippen LogP contribution in [0.1, 0.15) is 46.5 Å². The van der Waals surface area contributed by atoms with Gasteiger partial charge in [-0.15, -0.1) is 11.8 Å². The van der Waals surface area contributed by atoms with Crippen LogP contribution in [0.15, 0.2) is 12.2 Å². The number of carbonyl (C=O) groups excluding carboxylic acids is 1. The van der Waals surface area contributed by atoms with Crippen molar-refractivity contribution < 1.29 is 34.2 Å². The summed E-state index contributed by atoms with van der Waals surface area (Å²) in [6.07, 6.45) is 2.17. The van der Waals surface area contributed by atoms with E-state index in [4.69, 9.17) is 9.57 Å². The van der Waals surface area contributed by atoms with E-state index >= 15 is 0 Å². The maximum absolute atomic E-state index is 13.1. The van der Waals surface area contributed by atoms with Gasteiger partial charge in [-0.05, 0) is 59.5 Å². The van der Waals surface area contributed by atoms with Crippen LogP contribution in [0.25, 0.3) is 0 Å². The van der Waals surface area contributed by atoms with Crippen molar-refractivity contribution in [3.05, 3.63) is 12.2 Å². The van der Waals surface area contributed by atoms with Crippen LogP contribution < -0.4 is 0 Å². The predicted octanol–water partition coefficient (Wildman–Crippen LogP) is 0.562. The minimum Gasteiger partial charge on any atom is -0.595 e. The Balaban J connectivity index is 1.88. The van der Waals surface area contributed by atoms with Crippen LogP contribution in [0.5, 0.6) is 0 Å². The normalized spacial score (nSPS) is 38.9. The zero-order chi connectivity index (χ0) is 23.5. The Kier molecular flexibility index (Phi) is 9.32. The summed E-state index contributed by atoms with van der Waals surface area (Å²) in [5.74, 6) is 0. The van der Waals surface area contributed by atoms with E-state index in [0.717, 1.165) is 30.5 Å². The lowest BCUT2D eigenvalue weighted by Crippen LogP contribution is -2.64. The lowest BCUT2D eigenvalue weighted by Gasteiger charge is -2.46. The van der Waals surface area contributed by atoms with Gasteiger partial charge in [0, 0.05) is 11.8 Å². The van der Waals surface area contributed by atoms with E-state index in [1.807, 2.05) is 12.2 Å². The Labute approximate surface area is 197 Å². The molecule has 0 aliphatic carbocycles. The molecule has 8 atom stereocenters. The molecule has 0 aromatic carbocycles. The minimum atomic E-state index is -1.75. The molecule has 11 heteroatoms. The van der Waals surface area contributed by atoms with Gasteiger partial charge in [0.25, 0.3) is 0 Å². The van der Waals surface area contributed by atoms with E-state index in [-0.39, 0.29) is 18.1 Å². The second kappa shape index (κ2) is 11.4. The van der Waals surface area contributed by atoms with Gasteiger partial charge in [-0.2, -0.15) is 0 Å². The number of nitrogens with zero attached hydrogens (tertiary/aromatic N) is 2. The van der Waals surface area contributed by atoms with E-state index in [0.29, 0.717) is 0 Å². The Morgan fingerprint density at radius 2 is 1.84 bits per heavy atom. The summed E-state index contributed by atoms with van der Waals surface area (Å²) in [5, 5.41) is 32.1. The van der Waals surface area contributed by atoms with E-state index in [9.17, 15) is 24.7 Å². The number of aliphatic hydroxyl groups is 3. The molecule has 2 saturated heterocycles. The van der Waals surface area contributed by atoms with Gasteiger partial charge in [-0.3, -0.25) is 4.79 Å². The largest absolute Gasteiger partial charge is 0.595 e. The van der Waals surface area contributed by atoms with Crippen LogP contribution in [0.4, 0.5) is 0 Å². The number of carbonyl (C=O) groups is 1. The first-order valence-corrected chi connectivity index (χ1v) is 13.2. The Bertz CT molecular complexity index is 644. The van der Waals surface area contributed by atoms with Crippen molar-refractivity contribution in [1.29, 1.82) is 0 Å². The highest BCUT2D eigenvalue weighted by Gasteiger charge is 2.52. The van der Waals surface area contributed by atoms with Crippen molar-refractivity contribution in [2.45, 2.75) is 92.3 Å². The maximum atomic E-state index is 13.1. The highest BCUT2D eigenvalue weighted by molar-refractivity contribution is 8.00. The average Bonchev–Trinajstić information content (AvgIpc) is 3.25. The number of ether oxygens (including phenoxy) is 1. The number of allylic oxidation sites excluding steroid dienone is 1. The molecule has 3 N–H and O–H groups in total. The van der Waals surface area contributed by atoms with E-state index < -0.39 is 52.0 Å². The van der Waals surface area contributed by atoms with Gasteiger partial charge in [0.1, 0.15) is 40.6 Å². The molecule has 2 fully saturated rings. The molecule has 3 aliphatic heterocycles. The third-order valence-corrected chi connectivity index (χ3v) is 9.14. The molecule has 3 rings (SSSR count). The Morgan fingerprint density at radius 1 is 1.19 bits per heavy atom. The molecule has 0 saturated carbocycles. The summed E-state index contributed by atoms with van der Waals surface area (Å²) in [6, 6.07) is -0.813. The smallest absolute Gasteiger partial charge is 0.318 e. The van der Waals surface area contributed by atoms with Crippen LogP contribution in [0.2, 0.25) is 0 Å². The number of likely N-dealkylation sites (tertiary alicyclic amines) is 1. The molecule has 0 aromatic heterocycles. The number of rotatable bonds is 6. The van der Waals surface area contributed by atoms with Crippen molar-refractivity contribution in [2.75, 3.05) is 19.6 Å². The van der Waals surface area contributed by atoms with Crippen LogP contribution in [0.3, 0.4) is 0 Å². The van der Waals surface area contributed by atoms with Crippen LogP contribution in [-0.2, 0) is 25.7 Å². The second-order valence-corrected chi connectivity index (χ2v) is 13.1. The molecule has 0 amide bonds. The van der Waals surface area contributed by atoms with Gasteiger partial charge in [-0.1, -0.05) is 12.2 Å². The van der Waals surface area contributed by atoms with Crippen LogP contribution in [0, 0.1) is 0 Å². The molecule has 32 heavy (non-hydrogen) atoms. The topological polar surface area (TPSA) is 126 Å². The summed E-state index contributed by atoms with van der Waals surface area (Å²) >= 11 is -0.309. The maximum Gasteiger partial charge on any atom is 0.318 e. The number of aliphatic hydroxyl groups excluding tert-OH is 3. The Hall–Kier alpha value is -0.370. The number of hydroxylamine groups is 1. The highest BCUT2D eigenvalue weighted by Crippen LogP contribution is 2.38. The highest BCUT2D eigenvalue weighted by atomic mass is 32.2. The first-order valence-electron chi connectivity index (χ1n) is 11.2. The summed E-state index contributed by atoms with van der Waals surface area (Å²) in [6.45, 7) is 8.40. The van der Waals surface area contributed by atoms with E-state index in [1.165, 1.54) is 24.6 Å². The lowest BCUT2D eigenvalue weighted by atomic mass is 9.93.